The first-order chi connectivity index (χ1) is 12.9. The summed E-state index contributed by atoms with van der Waals surface area (Å²) in [4.78, 5) is 48.8. The number of nitrogens with one attached hydrogen (secondary N) is 1. The summed E-state index contributed by atoms with van der Waals surface area (Å²) in [5.74, 6) is -1.74. The summed E-state index contributed by atoms with van der Waals surface area (Å²) in [6.07, 6.45) is -1.04. The maximum Gasteiger partial charge on any atom is 0.332 e. The van der Waals surface area contributed by atoms with E-state index in [1.165, 1.54) is 32.2 Å². The van der Waals surface area contributed by atoms with E-state index in [2.05, 4.69) is 10.1 Å². The van der Waals surface area contributed by atoms with Crippen LogP contribution in [0.15, 0.2) is 42.5 Å². The number of rotatable bonds is 5. The number of carbonyl (C=O) groups is 4. The van der Waals surface area contributed by atoms with Gasteiger partial charge in [-0.15, -0.1) is 0 Å². The van der Waals surface area contributed by atoms with Crippen LogP contribution in [-0.4, -0.2) is 43.3 Å². The largest absolute Gasteiger partial charge is 0.451 e. The minimum Gasteiger partial charge on any atom is -0.451 e. The molecule has 0 fully saturated rings. The summed E-state index contributed by atoms with van der Waals surface area (Å²) in [6, 6.07) is 11.1. The first-order valence-corrected chi connectivity index (χ1v) is 8.24. The molecule has 2 aromatic rings. The number of benzene rings is 2. The Morgan fingerprint density at radius 3 is 2.19 bits per heavy atom. The quantitative estimate of drug-likeness (QED) is 0.693. The number of ether oxygens (including phenoxy) is 2. The Morgan fingerprint density at radius 2 is 1.56 bits per heavy atom. The van der Waals surface area contributed by atoms with E-state index in [0.717, 1.165) is 0 Å². The van der Waals surface area contributed by atoms with Gasteiger partial charge in [-0.1, -0.05) is 24.3 Å². The van der Waals surface area contributed by atoms with E-state index in [1.54, 1.807) is 24.3 Å². The highest BCUT2D eigenvalue weighted by Gasteiger charge is 2.29. The molecule has 1 atom stereocenters. The zero-order valence-corrected chi connectivity index (χ0v) is 14.8. The lowest BCUT2D eigenvalue weighted by Crippen LogP contribution is -2.31. The van der Waals surface area contributed by atoms with Crippen molar-refractivity contribution in [1.29, 1.82) is 0 Å². The average molecular weight is 367 g/mol. The molecule has 0 saturated carbocycles. The van der Waals surface area contributed by atoms with Crippen LogP contribution in [-0.2, 0) is 19.1 Å². The lowest BCUT2D eigenvalue weighted by molar-refractivity contribution is -0.156. The first kappa shape index (κ1) is 18.5. The van der Waals surface area contributed by atoms with Crippen LogP contribution in [0.5, 0.6) is 0 Å². The number of anilines is 1. The number of hydrogen-bond acceptors (Lipinski definition) is 6. The van der Waals surface area contributed by atoms with Crippen LogP contribution in [0.3, 0.4) is 0 Å². The Morgan fingerprint density at radius 1 is 0.963 bits per heavy atom. The van der Waals surface area contributed by atoms with Crippen LogP contribution in [0, 0.1) is 0 Å². The topological polar surface area (TPSA) is 98.8 Å². The van der Waals surface area contributed by atoms with Crippen LogP contribution in [0.2, 0.25) is 0 Å². The molecular weight excluding hydrogens is 350 g/mol. The van der Waals surface area contributed by atoms with Gasteiger partial charge in [0.2, 0.25) is 0 Å². The van der Waals surface area contributed by atoms with Crippen LogP contribution in [0.25, 0.3) is 0 Å². The molecule has 1 N–H and O–H groups in total. The smallest absolute Gasteiger partial charge is 0.332 e. The van der Waals surface area contributed by atoms with Gasteiger partial charge in [-0.05, 0) is 25.1 Å². The third-order valence-electron chi connectivity index (χ3n) is 4.13. The minimum absolute atomic E-state index is 0.223. The number of methoxy groups -OCH3 is 1. The Labute approximate surface area is 155 Å². The fraction of sp³-hybridized carbons (Fsp3) is 0.200. The number of hydrogen-bond donors (Lipinski definition) is 1. The molecule has 0 saturated heterocycles. The lowest BCUT2D eigenvalue weighted by Gasteiger charge is -2.19. The molecule has 1 amide bonds. The molecule has 0 heterocycles. The zero-order valence-electron chi connectivity index (χ0n) is 14.8. The minimum atomic E-state index is -1.04. The molecule has 7 nitrogen and oxygen atoms in total. The van der Waals surface area contributed by atoms with Gasteiger partial charge < -0.3 is 14.8 Å². The molecule has 138 valence electrons. The maximum atomic E-state index is 12.7. The standard InChI is InChI=1S/C20H17NO6/c1-11(27-17(22)10-26-2)20(25)21-12-7-8-15-16(9-12)19(24)14-6-4-3-5-13(14)18(15)23/h3-9,11H,10H2,1-2H3,(H,21,25)/t11-/m0/s1. The number of fused-ring (bicyclic) bond motifs is 2. The average Bonchev–Trinajstić information content (AvgIpc) is 2.66. The Hall–Kier alpha value is -3.32. The van der Waals surface area contributed by atoms with Gasteiger partial charge in [0.05, 0.1) is 0 Å². The molecule has 0 spiro atoms. The van der Waals surface area contributed by atoms with E-state index < -0.39 is 18.0 Å². The van der Waals surface area contributed by atoms with Crippen molar-refractivity contribution >= 4 is 29.1 Å². The van der Waals surface area contributed by atoms with Gasteiger partial charge in [-0.3, -0.25) is 14.4 Å². The summed E-state index contributed by atoms with van der Waals surface area (Å²) in [7, 11) is 1.34. The molecule has 7 heteroatoms. The molecule has 2 aromatic carbocycles. The highest BCUT2D eigenvalue weighted by Crippen LogP contribution is 2.29. The lowest BCUT2D eigenvalue weighted by atomic mass is 9.84. The molecule has 0 bridgehead atoms. The van der Waals surface area contributed by atoms with Crippen molar-refractivity contribution in [3.63, 3.8) is 0 Å². The number of carbonyl (C=O) groups excluding carboxylic acids is 4. The Kier molecular flexibility index (Phi) is 5.14. The second-order valence-electron chi connectivity index (χ2n) is 6.02. The number of ketones is 2. The van der Waals surface area contributed by atoms with Gasteiger partial charge in [0.1, 0.15) is 6.61 Å². The van der Waals surface area contributed by atoms with E-state index in [0.29, 0.717) is 16.8 Å². The highest BCUT2D eigenvalue weighted by molar-refractivity contribution is 6.28. The van der Waals surface area contributed by atoms with Gasteiger partial charge in [-0.25, -0.2) is 4.79 Å². The summed E-state index contributed by atoms with van der Waals surface area (Å²) >= 11 is 0. The molecule has 0 aromatic heterocycles. The Balaban J connectivity index is 1.80. The maximum absolute atomic E-state index is 12.7. The molecule has 0 unspecified atom stereocenters. The predicted octanol–water partition coefficient (Wildman–Crippen LogP) is 1.98. The van der Waals surface area contributed by atoms with Crippen molar-refractivity contribution < 1.29 is 28.7 Å². The number of esters is 1. The van der Waals surface area contributed by atoms with Crippen molar-refractivity contribution in [3.05, 3.63) is 64.7 Å². The summed E-state index contributed by atoms with van der Waals surface area (Å²) < 4.78 is 9.56. The van der Waals surface area contributed by atoms with Crippen molar-refractivity contribution in [2.75, 3.05) is 19.0 Å². The normalized spacial score (nSPS) is 13.4. The van der Waals surface area contributed by atoms with E-state index >= 15 is 0 Å². The summed E-state index contributed by atoms with van der Waals surface area (Å²) in [5.41, 5.74) is 1.54. The summed E-state index contributed by atoms with van der Waals surface area (Å²) in [6.45, 7) is 1.17. The van der Waals surface area contributed by atoms with Gasteiger partial charge >= 0.3 is 5.97 Å². The van der Waals surface area contributed by atoms with Gasteiger partial charge in [0.25, 0.3) is 5.91 Å². The van der Waals surface area contributed by atoms with Crippen LogP contribution >= 0.6 is 0 Å². The van der Waals surface area contributed by atoms with Crippen LogP contribution < -0.4 is 5.32 Å². The SMILES string of the molecule is COCC(=O)O[C@@H](C)C(=O)Nc1ccc2c(c1)C(=O)c1ccccc1C2=O. The highest BCUT2D eigenvalue weighted by atomic mass is 16.6. The van der Waals surface area contributed by atoms with Gasteiger partial charge in [-0.2, -0.15) is 0 Å². The van der Waals surface area contributed by atoms with E-state index in [1.807, 2.05) is 0 Å². The van der Waals surface area contributed by atoms with Crippen LogP contribution in [0.1, 0.15) is 38.8 Å². The van der Waals surface area contributed by atoms with Gasteiger partial charge in [0, 0.05) is 35.1 Å². The third-order valence-corrected chi connectivity index (χ3v) is 4.13. The molecule has 1 aliphatic rings. The van der Waals surface area contributed by atoms with Crippen molar-refractivity contribution in [3.8, 4) is 0 Å². The second kappa shape index (κ2) is 7.51. The predicted molar refractivity (Wildman–Crippen MR) is 95.8 cm³/mol. The number of amides is 1. The van der Waals surface area contributed by atoms with Gasteiger partial charge in [0.15, 0.2) is 17.7 Å². The Bertz CT molecular complexity index is 949. The van der Waals surface area contributed by atoms with Crippen LogP contribution in [0.4, 0.5) is 5.69 Å². The van der Waals surface area contributed by atoms with Crippen molar-refractivity contribution in [1.82, 2.24) is 0 Å². The second-order valence-corrected chi connectivity index (χ2v) is 6.02. The molecular formula is C20H17NO6. The molecule has 0 aliphatic heterocycles. The van der Waals surface area contributed by atoms with E-state index in [4.69, 9.17) is 4.74 Å². The first-order valence-electron chi connectivity index (χ1n) is 8.24. The van der Waals surface area contributed by atoms with Crippen molar-refractivity contribution in [2.45, 2.75) is 13.0 Å². The molecule has 3 rings (SSSR count). The van der Waals surface area contributed by atoms with E-state index in [9.17, 15) is 19.2 Å². The fourth-order valence-corrected chi connectivity index (χ4v) is 2.82. The summed E-state index contributed by atoms with van der Waals surface area (Å²) in [5, 5.41) is 2.58. The molecule has 27 heavy (non-hydrogen) atoms. The zero-order chi connectivity index (χ0) is 19.6. The monoisotopic (exact) mass is 367 g/mol. The van der Waals surface area contributed by atoms with Crippen molar-refractivity contribution in [2.24, 2.45) is 0 Å². The van der Waals surface area contributed by atoms with E-state index in [-0.39, 0.29) is 29.3 Å². The third kappa shape index (κ3) is 3.63. The molecule has 0 radical (unpaired) electrons. The fourth-order valence-electron chi connectivity index (χ4n) is 2.82. The molecule has 1 aliphatic carbocycles.